The van der Waals surface area contributed by atoms with Crippen molar-refractivity contribution in [3.63, 3.8) is 0 Å². The van der Waals surface area contributed by atoms with Crippen LogP contribution < -0.4 is 5.73 Å². The maximum absolute atomic E-state index is 13.2. The number of rotatable bonds is 4. The Kier molecular flexibility index (Phi) is 4.47. The van der Waals surface area contributed by atoms with E-state index < -0.39 is 23.6 Å². The zero-order valence-corrected chi connectivity index (χ0v) is 8.97. The lowest BCUT2D eigenvalue weighted by molar-refractivity contribution is -0.140. The Bertz CT molecular complexity index is 378. The van der Waals surface area contributed by atoms with Gasteiger partial charge in [-0.25, -0.2) is 4.39 Å². The van der Waals surface area contributed by atoms with E-state index in [4.69, 9.17) is 10.8 Å². The zero-order chi connectivity index (χ0) is 13.1. The molecule has 0 aromatic heterocycles. The highest BCUT2D eigenvalue weighted by atomic mass is 19.4. The fourth-order valence-corrected chi connectivity index (χ4v) is 1.62. The highest BCUT2D eigenvalue weighted by Crippen LogP contribution is 2.36. The predicted octanol–water partition coefficient (Wildman–Crippen LogP) is 2.62. The number of benzene rings is 1. The fourth-order valence-electron chi connectivity index (χ4n) is 1.62. The SMILES string of the molecule is N[C@H](CCCO)c1cccc(F)c1C(F)(F)F. The molecular formula is C11H13F4NO. The van der Waals surface area contributed by atoms with Crippen LogP contribution >= 0.6 is 0 Å². The summed E-state index contributed by atoms with van der Waals surface area (Å²) in [4.78, 5) is 0. The normalized spacial score (nSPS) is 13.8. The summed E-state index contributed by atoms with van der Waals surface area (Å²) in [5, 5.41) is 8.59. The minimum Gasteiger partial charge on any atom is -0.396 e. The number of aliphatic hydroxyl groups excluding tert-OH is 1. The second-order valence-electron chi connectivity index (χ2n) is 3.67. The third-order valence-electron chi connectivity index (χ3n) is 2.40. The molecule has 3 N–H and O–H groups in total. The van der Waals surface area contributed by atoms with E-state index in [1.165, 1.54) is 6.07 Å². The summed E-state index contributed by atoms with van der Waals surface area (Å²) in [6.45, 7) is -0.162. The molecule has 0 aliphatic rings. The standard InChI is InChI=1S/C11H13F4NO/c12-8-4-1-3-7(9(16)5-2-6-17)10(8)11(13,14)15/h1,3-4,9,17H,2,5-6,16H2/t9-/m1/s1. The van der Waals surface area contributed by atoms with Crippen LogP contribution in [0.5, 0.6) is 0 Å². The first-order valence-electron chi connectivity index (χ1n) is 5.10. The highest BCUT2D eigenvalue weighted by molar-refractivity contribution is 5.33. The van der Waals surface area contributed by atoms with E-state index in [1.54, 1.807) is 0 Å². The third-order valence-corrected chi connectivity index (χ3v) is 2.40. The van der Waals surface area contributed by atoms with Crippen LogP contribution in [-0.2, 0) is 6.18 Å². The first-order valence-corrected chi connectivity index (χ1v) is 5.10. The topological polar surface area (TPSA) is 46.2 Å². The van der Waals surface area contributed by atoms with Gasteiger partial charge in [-0.3, -0.25) is 0 Å². The van der Waals surface area contributed by atoms with E-state index in [0.29, 0.717) is 0 Å². The average Bonchev–Trinajstić information content (AvgIpc) is 2.23. The van der Waals surface area contributed by atoms with E-state index >= 15 is 0 Å². The minimum atomic E-state index is -4.77. The van der Waals surface area contributed by atoms with Gasteiger partial charge in [0.2, 0.25) is 0 Å². The van der Waals surface area contributed by atoms with Crippen LogP contribution in [0.2, 0.25) is 0 Å². The Balaban J connectivity index is 3.11. The van der Waals surface area contributed by atoms with Crippen molar-refractivity contribution < 1.29 is 22.7 Å². The molecule has 2 nitrogen and oxygen atoms in total. The maximum Gasteiger partial charge on any atom is 0.419 e. The molecule has 0 spiro atoms. The number of hydrogen-bond donors (Lipinski definition) is 2. The van der Waals surface area contributed by atoms with E-state index in [-0.39, 0.29) is 25.0 Å². The Labute approximate surface area is 96.1 Å². The largest absolute Gasteiger partial charge is 0.419 e. The van der Waals surface area contributed by atoms with Gasteiger partial charge in [-0.05, 0) is 24.5 Å². The molecule has 0 saturated carbocycles. The molecule has 0 amide bonds. The zero-order valence-electron chi connectivity index (χ0n) is 8.97. The number of halogens is 4. The molecule has 0 heterocycles. The van der Waals surface area contributed by atoms with Crippen LogP contribution in [0.3, 0.4) is 0 Å². The van der Waals surface area contributed by atoms with Gasteiger partial charge in [0.15, 0.2) is 0 Å². The molecular weight excluding hydrogens is 238 g/mol. The number of nitrogens with two attached hydrogens (primary N) is 1. The maximum atomic E-state index is 13.2. The second-order valence-corrected chi connectivity index (χ2v) is 3.67. The molecule has 17 heavy (non-hydrogen) atoms. The monoisotopic (exact) mass is 251 g/mol. The van der Waals surface area contributed by atoms with Crippen LogP contribution in [0, 0.1) is 5.82 Å². The van der Waals surface area contributed by atoms with Gasteiger partial charge >= 0.3 is 6.18 Å². The van der Waals surface area contributed by atoms with E-state index in [2.05, 4.69) is 0 Å². The molecule has 0 fully saturated rings. The summed E-state index contributed by atoms with van der Waals surface area (Å²) >= 11 is 0. The lowest BCUT2D eigenvalue weighted by Gasteiger charge is -2.18. The Morgan fingerprint density at radius 3 is 2.47 bits per heavy atom. The molecule has 1 aromatic carbocycles. The van der Waals surface area contributed by atoms with Crippen molar-refractivity contribution in [2.45, 2.75) is 25.1 Å². The summed E-state index contributed by atoms with van der Waals surface area (Å²) < 4.78 is 51.1. The molecule has 0 aliphatic carbocycles. The van der Waals surface area contributed by atoms with Gasteiger partial charge in [-0.2, -0.15) is 13.2 Å². The first-order chi connectivity index (χ1) is 7.88. The molecule has 0 radical (unpaired) electrons. The van der Waals surface area contributed by atoms with Gasteiger partial charge in [0, 0.05) is 12.6 Å². The lowest BCUT2D eigenvalue weighted by Crippen LogP contribution is -2.19. The van der Waals surface area contributed by atoms with Crippen molar-refractivity contribution in [2.24, 2.45) is 5.73 Å². The summed E-state index contributed by atoms with van der Waals surface area (Å²) in [7, 11) is 0. The minimum absolute atomic E-state index is 0.162. The number of alkyl halides is 3. The summed E-state index contributed by atoms with van der Waals surface area (Å²) in [6, 6.07) is 2.17. The van der Waals surface area contributed by atoms with Crippen LogP contribution in [0.15, 0.2) is 18.2 Å². The smallest absolute Gasteiger partial charge is 0.396 e. The summed E-state index contributed by atoms with van der Waals surface area (Å²) in [5.41, 5.74) is 3.98. The van der Waals surface area contributed by atoms with Crippen molar-refractivity contribution in [2.75, 3.05) is 6.61 Å². The number of hydrogen-bond acceptors (Lipinski definition) is 2. The molecule has 0 saturated heterocycles. The van der Waals surface area contributed by atoms with Gasteiger partial charge in [0.25, 0.3) is 0 Å². The third kappa shape index (κ3) is 3.41. The van der Waals surface area contributed by atoms with Crippen LogP contribution in [0.4, 0.5) is 17.6 Å². The van der Waals surface area contributed by atoms with E-state index in [0.717, 1.165) is 12.1 Å². The second kappa shape index (κ2) is 5.46. The molecule has 6 heteroatoms. The molecule has 0 unspecified atom stereocenters. The van der Waals surface area contributed by atoms with Gasteiger partial charge in [-0.1, -0.05) is 12.1 Å². The van der Waals surface area contributed by atoms with Crippen LogP contribution in [-0.4, -0.2) is 11.7 Å². The van der Waals surface area contributed by atoms with Gasteiger partial charge in [0.05, 0.1) is 5.56 Å². The van der Waals surface area contributed by atoms with E-state index in [9.17, 15) is 17.6 Å². The molecule has 1 rings (SSSR count). The Hall–Kier alpha value is -1.14. The van der Waals surface area contributed by atoms with Crippen molar-refractivity contribution in [3.05, 3.63) is 35.1 Å². The van der Waals surface area contributed by atoms with Crippen molar-refractivity contribution in [1.29, 1.82) is 0 Å². The average molecular weight is 251 g/mol. The van der Waals surface area contributed by atoms with E-state index in [1.807, 2.05) is 0 Å². The van der Waals surface area contributed by atoms with Crippen molar-refractivity contribution in [1.82, 2.24) is 0 Å². The fraction of sp³-hybridized carbons (Fsp3) is 0.455. The van der Waals surface area contributed by atoms with Gasteiger partial charge in [-0.15, -0.1) is 0 Å². The van der Waals surface area contributed by atoms with Gasteiger partial charge < -0.3 is 10.8 Å². The first kappa shape index (κ1) is 13.9. The van der Waals surface area contributed by atoms with Crippen molar-refractivity contribution in [3.8, 4) is 0 Å². The highest BCUT2D eigenvalue weighted by Gasteiger charge is 2.37. The Morgan fingerprint density at radius 1 is 1.29 bits per heavy atom. The predicted molar refractivity (Wildman–Crippen MR) is 54.7 cm³/mol. The molecule has 1 aromatic rings. The molecule has 0 aliphatic heterocycles. The lowest BCUT2D eigenvalue weighted by atomic mass is 9.97. The number of aliphatic hydroxyl groups is 1. The van der Waals surface area contributed by atoms with Crippen LogP contribution in [0.25, 0.3) is 0 Å². The molecule has 0 bridgehead atoms. The Morgan fingerprint density at radius 2 is 1.94 bits per heavy atom. The summed E-state index contributed by atoms with van der Waals surface area (Å²) in [6.07, 6.45) is -4.32. The quantitative estimate of drug-likeness (QED) is 0.808. The summed E-state index contributed by atoms with van der Waals surface area (Å²) in [5.74, 6) is -1.32. The van der Waals surface area contributed by atoms with Crippen molar-refractivity contribution >= 4 is 0 Å². The molecule has 96 valence electrons. The van der Waals surface area contributed by atoms with Gasteiger partial charge in [0.1, 0.15) is 5.82 Å². The van der Waals surface area contributed by atoms with Crippen LogP contribution in [0.1, 0.15) is 30.0 Å². The molecule has 1 atom stereocenters.